The molecule has 5 nitrogen and oxygen atoms in total. The summed E-state index contributed by atoms with van der Waals surface area (Å²) >= 11 is 5.87. The van der Waals surface area contributed by atoms with Crippen LogP contribution in [-0.4, -0.2) is 30.6 Å². The maximum absolute atomic E-state index is 13.0. The van der Waals surface area contributed by atoms with E-state index in [1.54, 1.807) is 30.3 Å². The van der Waals surface area contributed by atoms with Crippen molar-refractivity contribution in [1.82, 2.24) is 0 Å². The summed E-state index contributed by atoms with van der Waals surface area (Å²) in [6, 6.07) is 8.24. The Bertz CT molecular complexity index is 811. The van der Waals surface area contributed by atoms with Crippen LogP contribution in [0.15, 0.2) is 30.3 Å². The molecule has 1 aliphatic rings. The van der Waals surface area contributed by atoms with Gasteiger partial charge in [-0.2, -0.15) is 0 Å². The predicted molar refractivity (Wildman–Crippen MR) is 88.4 cm³/mol. The number of ether oxygens (including phenoxy) is 2. The van der Waals surface area contributed by atoms with E-state index in [1.807, 2.05) is 0 Å². The van der Waals surface area contributed by atoms with Gasteiger partial charge in [-0.25, -0.2) is 0 Å². The third-order valence-electron chi connectivity index (χ3n) is 3.88. The number of rotatable bonds is 5. The summed E-state index contributed by atoms with van der Waals surface area (Å²) in [7, 11) is 1.42. The first-order chi connectivity index (χ1) is 11.5. The number of carboxylic acids is 1. The fourth-order valence-corrected chi connectivity index (χ4v) is 2.98. The highest BCUT2D eigenvalue weighted by atomic mass is 35.5. The van der Waals surface area contributed by atoms with Gasteiger partial charge in [0, 0.05) is 22.6 Å². The first kappa shape index (κ1) is 16.3. The zero-order valence-electron chi connectivity index (χ0n) is 13.0. The van der Waals surface area contributed by atoms with Crippen molar-refractivity contribution >= 4 is 23.4 Å². The minimum atomic E-state index is -0.989. The van der Waals surface area contributed by atoms with E-state index in [0.717, 1.165) is 5.56 Å². The number of fused-ring (bicyclic) bond motifs is 1. The molecule has 0 amide bonds. The van der Waals surface area contributed by atoms with E-state index in [2.05, 4.69) is 0 Å². The van der Waals surface area contributed by atoms with Gasteiger partial charge < -0.3 is 14.6 Å². The fourth-order valence-electron chi connectivity index (χ4n) is 2.86. The highest BCUT2D eigenvalue weighted by Crippen LogP contribution is 2.40. The molecule has 0 aliphatic carbocycles. The molecule has 0 aromatic heterocycles. The summed E-state index contributed by atoms with van der Waals surface area (Å²) in [6.07, 6.45) is 0.407. The maximum Gasteiger partial charge on any atom is 0.307 e. The largest absolute Gasteiger partial charge is 0.496 e. The second kappa shape index (κ2) is 6.53. The van der Waals surface area contributed by atoms with Gasteiger partial charge in [0.2, 0.25) is 5.78 Å². The smallest absolute Gasteiger partial charge is 0.307 e. The van der Waals surface area contributed by atoms with Gasteiger partial charge in [0.1, 0.15) is 17.1 Å². The van der Waals surface area contributed by atoms with E-state index in [1.165, 1.54) is 7.11 Å². The van der Waals surface area contributed by atoms with Crippen LogP contribution in [0.3, 0.4) is 0 Å². The second-order valence-corrected chi connectivity index (χ2v) is 5.87. The Morgan fingerprint density at radius 1 is 1.29 bits per heavy atom. The van der Waals surface area contributed by atoms with Gasteiger partial charge in [0.15, 0.2) is 0 Å². The number of benzene rings is 2. The van der Waals surface area contributed by atoms with Crippen LogP contribution in [0.5, 0.6) is 11.5 Å². The Morgan fingerprint density at radius 2 is 2.00 bits per heavy atom. The van der Waals surface area contributed by atoms with Gasteiger partial charge in [0.05, 0.1) is 20.1 Å². The van der Waals surface area contributed by atoms with E-state index in [4.69, 9.17) is 26.2 Å². The van der Waals surface area contributed by atoms with E-state index in [0.29, 0.717) is 34.9 Å². The molecule has 24 heavy (non-hydrogen) atoms. The first-order valence-electron chi connectivity index (χ1n) is 7.39. The lowest BCUT2D eigenvalue weighted by molar-refractivity contribution is -0.136. The minimum Gasteiger partial charge on any atom is -0.496 e. The average Bonchev–Trinajstić information content (AvgIpc) is 3.01. The summed E-state index contributed by atoms with van der Waals surface area (Å²) < 4.78 is 11.0. The van der Waals surface area contributed by atoms with Crippen molar-refractivity contribution in [2.24, 2.45) is 0 Å². The molecule has 0 fully saturated rings. The molecule has 0 radical (unpaired) electrons. The van der Waals surface area contributed by atoms with Gasteiger partial charge in [-0.05, 0) is 35.9 Å². The van der Waals surface area contributed by atoms with Crippen LogP contribution in [-0.2, 0) is 17.6 Å². The number of hydrogen-bond donors (Lipinski definition) is 1. The molecule has 0 unspecified atom stereocenters. The number of methoxy groups -OCH3 is 1. The molecule has 0 saturated carbocycles. The van der Waals surface area contributed by atoms with Gasteiger partial charge in [-0.3, -0.25) is 9.59 Å². The Hall–Kier alpha value is -2.53. The normalized spacial score (nSPS) is 12.4. The van der Waals surface area contributed by atoms with Crippen LogP contribution in [0.2, 0.25) is 5.02 Å². The molecule has 3 rings (SSSR count). The molecule has 1 aliphatic heterocycles. The molecule has 124 valence electrons. The Labute approximate surface area is 143 Å². The van der Waals surface area contributed by atoms with Crippen LogP contribution in [0.1, 0.15) is 27.0 Å². The highest BCUT2D eigenvalue weighted by Gasteiger charge is 2.29. The maximum atomic E-state index is 13.0. The number of ketones is 1. The van der Waals surface area contributed by atoms with Crippen molar-refractivity contribution in [3.63, 3.8) is 0 Å². The van der Waals surface area contributed by atoms with Crippen molar-refractivity contribution < 1.29 is 24.2 Å². The zero-order valence-corrected chi connectivity index (χ0v) is 13.7. The summed E-state index contributed by atoms with van der Waals surface area (Å²) in [4.78, 5) is 24.1. The molecular formula is C18H15ClO5. The van der Waals surface area contributed by atoms with Crippen LogP contribution >= 0.6 is 11.6 Å². The number of carbonyl (C=O) groups excluding carboxylic acids is 1. The molecule has 1 N–H and O–H groups in total. The van der Waals surface area contributed by atoms with E-state index >= 15 is 0 Å². The quantitative estimate of drug-likeness (QED) is 0.842. The minimum absolute atomic E-state index is 0.225. The standard InChI is InChI=1S/C18H15ClO5/c1-23-17-12(9-14(20)21)8-11-6-7-24-18(11)15(17)16(22)10-2-4-13(19)5-3-10/h2-5,8H,6-7,9H2,1H3,(H,20,21). The lowest BCUT2D eigenvalue weighted by atomic mass is 9.94. The monoisotopic (exact) mass is 346 g/mol. The summed E-state index contributed by atoms with van der Waals surface area (Å²) in [5.41, 5.74) is 1.99. The molecule has 2 aromatic carbocycles. The van der Waals surface area contributed by atoms with Crippen molar-refractivity contribution in [1.29, 1.82) is 0 Å². The van der Waals surface area contributed by atoms with Crippen molar-refractivity contribution in [2.45, 2.75) is 12.8 Å². The Morgan fingerprint density at radius 3 is 2.62 bits per heavy atom. The zero-order chi connectivity index (χ0) is 17.3. The highest BCUT2D eigenvalue weighted by molar-refractivity contribution is 6.30. The van der Waals surface area contributed by atoms with E-state index in [9.17, 15) is 9.59 Å². The van der Waals surface area contributed by atoms with Crippen molar-refractivity contribution in [3.05, 3.63) is 57.6 Å². The molecular weight excluding hydrogens is 332 g/mol. The third-order valence-corrected chi connectivity index (χ3v) is 4.13. The van der Waals surface area contributed by atoms with Gasteiger partial charge in [-0.1, -0.05) is 11.6 Å². The Kier molecular flexibility index (Phi) is 4.44. The third kappa shape index (κ3) is 2.95. The molecule has 1 heterocycles. The van der Waals surface area contributed by atoms with Crippen LogP contribution in [0.4, 0.5) is 0 Å². The number of aliphatic carboxylic acids is 1. The molecule has 6 heteroatoms. The fraction of sp³-hybridized carbons (Fsp3) is 0.222. The average molecular weight is 347 g/mol. The number of carboxylic acid groups (broad SMARTS) is 1. The van der Waals surface area contributed by atoms with Gasteiger partial charge in [-0.15, -0.1) is 0 Å². The topological polar surface area (TPSA) is 72.8 Å². The second-order valence-electron chi connectivity index (χ2n) is 5.44. The lowest BCUT2D eigenvalue weighted by Crippen LogP contribution is -2.10. The number of hydrogen-bond acceptors (Lipinski definition) is 4. The summed E-state index contributed by atoms with van der Waals surface area (Å²) in [5.74, 6) is -0.551. The van der Waals surface area contributed by atoms with Crippen LogP contribution < -0.4 is 9.47 Å². The number of halogens is 1. The number of carbonyl (C=O) groups is 2. The van der Waals surface area contributed by atoms with Gasteiger partial charge in [0.25, 0.3) is 0 Å². The van der Waals surface area contributed by atoms with Gasteiger partial charge >= 0.3 is 5.97 Å². The summed E-state index contributed by atoms with van der Waals surface area (Å²) in [6.45, 7) is 0.454. The van der Waals surface area contributed by atoms with E-state index in [-0.39, 0.29) is 23.5 Å². The van der Waals surface area contributed by atoms with E-state index < -0.39 is 5.97 Å². The van der Waals surface area contributed by atoms with Crippen molar-refractivity contribution in [2.75, 3.05) is 13.7 Å². The molecule has 0 bridgehead atoms. The van der Waals surface area contributed by atoms with Crippen LogP contribution in [0.25, 0.3) is 0 Å². The van der Waals surface area contributed by atoms with Crippen molar-refractivity contribution in [3.8, 4) is 11.5 Å². The molecule has 0 spiro atoms. The predicted octanol–water partition coefficient (Wildman–Crippen LogP) is 3.14. The van der Waals surface area contributed by atoms with Crippen LogP contribution in [0, 0.1) is 0 Å². The molecule has 2 aromatic rings. The Balaban J connectivity index is 2.17. The SMILES string of the molecule is COc1c(CC(=O)O)cc2c(c1C(=O)c1ccc(Cl)cc1)OCC2. The first-order valence-corrected chi connectivity index (χ1v) is 7.76. The molecule has 0 atom stereocenters. The summed E-state index contributed by atoms with van der Waals surface area (Å²) in [5, 5.41) is 9.65. The lowest BCUT2D eigenvalue weighted by Gasteiger charge is -2.16. The molecule has 0 saturated heterocycles.